The second-order valence-corrected chi connectivity index (χ2v) is 3.30. The predicted molar refractivity (Wildman–Crippen MR) is 53.6 cm³/mol. The van der Waals surface area contributed by atoms with Gasteiger partial charge in [0.25, 0.3) is 0 Å². The SMILES string of the molecule is FC(C#Cc1ccccc1)=C(C(F)(F)F)C(F)(F)F. The minimum Gasteiger partial charge on any atom is -0.196 e. The van der Waals surface area contributed by atoms with E-state index in [-0.39, 0.29) is 5.56 Å². The van der Waals surface area contributed by atoms with Gasteiger partial charge in [0.05, 0.1) is 0 Å². The van der Waals surface area contributed by atoms with Crippen LogP contribution in [0.25, 0.3) is 0 Å². The Labute approximate surface area is 103 Å². The topological polar surface area (TPSA) is 0 Å². The first-order chi connectivity index (χ1) is 8.62. The number of hydrogen-bond donors (Lipinski definition) is 0. The number of halogens is 7. The Morgan fingerprint density at radius 1 is 0.842 bits per heavy atom. The van der Waals surface area contributed by atoms with Gasteiger partial charge in [0.2, 0.25) is 0 Å². The van der Waals surface area contributed by atoms with E-state index in [4.69, 9.17) is 0 Å². The zero-order chi connectivity index (χ0) is 14.7. The lowest BCUT2D eigenvalue weighted by Crippen LogP contribution is -2.27. The standard InChI is InChI=1S/C12H5F7/c13-9(7-6-8-4-2-1-3-5-8)10(11(14,15)16)12(17,18)19/h1-5H. The lowest BCUT2D eigenvalue weighted by molar-refractivity contribution is -0.174. The van der Waals surface area contributed by atoms with Gasteiger partial charge in [-0.05, 0) is 18.1 Å². The Balaban J connectivity index is 3.23. The molecule has 0 amide bonds. The van der Waals surface area contributed by atoms with Crippen molar-refractivity contribution < 1.29 is 30.7 Å². The van der Waals surface area contributed by atoms with E-state index in [9.17, 15) is 30.7 Å². The van der Waals surface area contributed by atoms with Crippen molar-refractivity contribution in [1.82, 2.24) is 0 Å². The molecule has 7 heteroatoms. The van der Waals surface area contributed by atoms with Crippen molar-refractivity contribution in [1.29, 1.82) is 0 Å². The minimum atomic E-state index is -5.85. The van der Waals surface area contributed by atoms with E-state index in [2.05, 4.69) is 0 Å². The van der Waals surface area contributed by atoms with Crippen LogP contribution in [0.3, 0.4) is 0 Å². The summed E-state index contributed by atoms with van der Waals surface area (Å²) in [6.07, 6.45) is -11.7. The summed E-state index contributed by atoms with van der Waals surface area (Å²) in [5, 5.41) is 0. The van der Waals surface area contributed by atoms with Gasteiger partial charge >= 0.3 is 12.4 Å². The first kappa shape index (κ1) is 15.1. The summed E-state index contributed by atoms with van der Waals surface area (Å²) < 4.78 is 85.7. The molecule has 1 aromatic carbocycles. The molecule has 0 atom stereocenters. The van der Waals surface area contributed by atoms with Crippen LogP contribution in [0.4, 0.5) is 30.7 Å². The van der Waals surface area contributed by atoms with Gasteiger partial charge in [-0.25, -0.2) is 0 Å². The summed E-state index contributed by atoms with van der Waals surface area (Å²) in [5.74, 6) is 0.569. The maximum Gasteiger partial charge on any atom is 0.424 e. The molecule has 0 saturated heterocycles. The first-order valence-electron chi connectivity index (χ1n) is 4.73. The fraction of sp³-hybridized carbons (Fsp3) is 0.167. The van der Waals surface area contributed by atoms with Crippen LogP contribution in [0.1, 0.15) is 5.56 Å². The molecule has 0 nitrogen and oxygen atoms in total. The van der Waals surface area contributed by atoms with Gasteiger partial charge < -0.3 is 0 Å². The van der Waals surface area contributed by atoms with Crippen LogP contribution in [0.15, 0.2) is 41.7 Å². The monoisotopic (exact) mass is 282 g/mol. The highest BCUT2D eigenvalue weighted by Crippen LogP contribution is 2.40. The number of benzene rings is 1. The molecule has 0 fully saturated rings. The Kier molecular flexibility index (Phi) is 4.24. The van der Waals surface area contributed by atoms with Crippen molar-refractivity contribution in [3.63, 3.8) is 0 Å². The molecule has 0 heterocycles. The van der Waals surface area contributed by atoms with Crippen molar-refractivity contribution in [2.45, 2.75) is 12.4 Å². The smallest absolute Gasteiger partial charge is 0.196 e. The number of alkyl halides is 6. The van der Waals surface area contributed by atoms with Crippen LogP contribution in [-0.2, 0) is 0 Å². The average Bonchev–Trinajstić information content (AvgIpc) is 2.24. The number of allylic oxidation sites excluding steroid dienone is 2. The zero-order valence-corrected chi connectivity index (χ0v) is 9.03. The molecule has 0 N–H and O–H groups in total. The third-order valence-electron chi connectivity index (χ3n) is 1.88. The van der Waals surface area contributed by atoms with Crippen molar-refractivity contribution in [2.75, 3.05) is 0 Å². The van der Waals surface area contributed by atoms with E-state index in [1.165, 1.54) is 30.2 Å². The lowest BCUT2D eigenvalue weighted by Gasteiger charge is -2.13. The Bertz CT molecular complexity index is 507. The van der Waals surface area contributed by atoms with Crippen LogP contribution in [0.5, 0.6) is 0 Å². The lowest BCUT2D eigenvalue weighted by atomic mass is 10.2. The molecule has 19 heavy (non-hydrogen) atoms. The van der Waals surface area contributed by atoms with Gasteiger partial charge in [-0.1, -0.05) is 24.1 Å². The third kappa shape index (κ3) is 4.32. The highest BCUT2D eigenvalue weighted by atomic mass is 19.4. The average molecular weight is 282 g/mol. The minimum absolute atomic E-state index is 0.0985. The molecule has 0 aliphatic rings. The van der Waals surface area contributed by atoms with E-state index >= 15 is 0 Å². The van der Waals surface area contributed by atoms with E-state index in [0.717, 1.165) is 0 Å². The molecule has 0 saturated carbocycles. The highest BCUT2D eigenvalue weighted by molar-refractivity contribution is 5.41. The second-order valence-electron chi connectivity index (χ2n) is 3.30. The summed E-state index contributed by atoms with van der Waals surface area (Å²) in [7, 11) is 0. The fourth-order valence-electron chi connectivity index (χ4n) is 1.12. The van der Waals surface area contributed by atoms with Crippen molar-refractivity contribution in [2.24, 2.45) is 0 Å². The summed E-state index contributed by atoms with van der Waals surface area (Å²) in [6.45, 7) is 0. The highest BCUT2D eigenvalue weighted by Gasteiger charge is 2.53. The predicted octanol–water partition coefficient (Wildman–Crippen LogP) is 4.39. The zero-order valence-electron chi connectivity index (χ0n) is 9.03. The first-order valence-corrected chi connectivity index (χ1v) is 4.73. The van der Waals surface area contributed by atoms with Gasteiger partial charge in [0.15, 0.2) is 11.4 Å². The molecular weight excluding hydrogens is 277 g/mol. The number of rotatable bonds is 0. The van der Waals surface area contributed by atoms with Crippen molar-refractivity contribution in [3.8, 4) is 11.8 Å². The molecule has 1 aromatic rings. The molecule has 102 valence electrons. The van der Waals surface area contributed by atoms with Crippen LogP contribution >= 0.6 is 0 Å². The van der Waals surface area contributed by atoms with Crippen LogP contribution in [0.2, 0.25) is 0 Å². The molecule has 0 unspecified atom stereocenters. The van der Waals surface area contributed by atoms with Gasteiger partial charge in [0, 0.05) is 5.56 Å². The maximum atomic E-state index is 13.0. The van der Waals surface area contributed by atoms with E-state index in [0.29, 0.717) is 0 Å². The third-order valence-corrected chi connectivity index (χ3v) is 1.88. The molecule has 0 bridgehead atoms. The van der Waals surface area contributed by atoms with Crippen LogP contribution in [0, 0.1) is 11.8 Å². The molecular formula is C12H5F7. The molecule has 0 aliphatic carbocycles. The van der Waals surface area contributed by atoms with Crippen molar-refractivity contribution in [3.05, 3.63) is 47.3 Å². The second kappa shape index (κ2) is 5.34. The summed E-state index contributed by atoms with van der Waals surface area (Å²) in [4.78, 5) is 0. The number of hydrogen-bond acceptors (Lipinski definition) is 0. The van der Waals surface area contributed by atoms with Gasteiger partial charge in [0.1, 0.15) is 0 Å². The Morgan fingerprint density at radius 3 is 1.74 bits per heavy atom. The molecule has 0 aromatic heterocycles. The van der Waals surface area contributed by atoms with E-state index < -0.39 is 23.8 Å². The Hall–Kier alpha value is -1.97. The summed E-state index contributed by atoms with van der Waals surface area (Å²) in [5.41, 5.74) is -3.13. The van der Waals surface area contributed by atoms with Crippen LogP contribution in [-0.4, -0.2) is 12.4 Å². The Morgan fingerprint density at radius 2 is 1.32 bits per heavy atom. The molecule has 1 rings (SSSR count). The molecule has 0 aliphatic heterocycles. The van der Waals surface area contributed by atoms with Gasteiger partial charge in [-0.3, -0.25) is 0 Å². The van der Waals surface area contributed by atoms with E-state index in [1.807, 2.05) is 5.92 Å². The van der Waals surface area contributed by atoms with Gasteiger partial charge in [-0.2, -0.15) is 30.7 Å². The van der Waals surface area contributed by atoms with Crippen molar-refractivity contribution >= 4 is 0 Å². The molecule has 0 spiro atoms. The normalized spacial score (nSPS) is 11.5. The quantitative estimate of drug-likeness (QED) is 0.489. The van der Waals surface area contributed by atoms with Crippen LogP contribution < -0.4 is 0 Å². The maximum absolute atomic E-state index is 13.0. The largest absolute Gasteiger partial charge is 0.424 e. The summed E-state index contributed by atoms with van der Waals surface area (Å²) >= 11 is 0. The fourth-order valence-corrected chi connectivity index (χ4v) is 1.12. The molecule has 0 radical (unpaired) electrons. The van der Waals surface area contributed by atoms with Gasteiger partial charge in [-0.15, -0.1) is 0 Å². The van der Waals surface area contributed by atoms with E-state index in [1.54, 1.807) is 6.07 Å². The summed E-state index contributed by atoms with van der Waals surface area (Å²) in [6, 6.07) is 7.12.